The Morgan fingerprint density at radius 2 is 1.54 bits per heavy atom. The first-order valence-corrected chi connectivity index (χ1v) is 9.42. The van der Waals surface area contributed by atoms with Crippen molar-refractivity contribution >= 4 is 17.3 Å². The number of carbonyl (C=O) groups is 2. The maximum absolute atomic E-state index is 12.6. The van der Waals surface area contributed by atoms with Crippen LogP contribution in [0, 0.1) is 5.92 Å². The number of aliphatic imine (C=N–C) groups is 1. The van der Waals surface area contributed by atoms with E-state index in [0.29, 0.717) is 19.3 Å². The number of rotatable bonds is 1. The van der Waals surface area contributed by atoms with Crippen LogP contribution in [-0.2, 0) is 16.0 Å². The Balaban J connectivity index is 1.82. The van der Waals surface area contributed by atoms with E-state index in [1.807, 2.05) is 12.1 Å². The number of hydrogen-bond donors (Lipinski definition) is 0. The molecule has 0 bridgehead atoms. The standard InChI is InChI=1S/C21H25NO2/c23-17-10-7-11-18(24)19(17)20-16-9-4-3-8-15(16)14-21(22-20)12-5-1-2-6-13-21/h3-4,8-9,19H,1-2,5-7,10-14H2. The Kier molecular flexibility index (Phi) is 4.11. The van der Waals surface area contributed by atoms with E-state index in [1.165, 1.54) is 31.2 Å². The number of Topliss-reactive ketones (excluding diaryl/α,β-unsaturated/α-hetero) is 2. The van der Waals surface area contributed by atoms with E-state index in [9.17, 15) is 9.59 Å². The molecule has 3 nitrogen and oxygen atoms in total. The van der Waals surface area contributed by atoms with E-state index >= 15 is 0 Å². The van der Waals surface area contributed by atoms with Gasteiger partial charge in [0.15, 0.2) is 0 Å². The van der Waals surface area contributed by atoms with Crippen molar-refractivity contribution in [2.24, 2.45) is 10.9 Å². The first-order chi connectivity index (χ1) is 11.7. The fourth-order valence-corrected chi connectivity index (χ4v) is 4.74. The van der Waals surface area contributed by atoms with Gasteiger partial charge in [0, 0.05) is 18.4 Å². The smallest absolute Gasteiger partial charge is 0.149 e. The molecule has 1 spiro atoms. The molecule has 0 N–H and O–H groups in total. The summed E-state index contributed by atoms with van der Waals surface area (Å²) in [5.41, 5.74) is 3.02. The minimum Gasteiger partial charge on any atom is -0.298 e. The second kappa shape index (κ2) is 6.27. The number of hydrogen-bond acceptors (Lipinski definition) is 3. The van der Waals surface area contributed by atoms with Crippen molar-refractivity contribution in [1.82, 2.24) is 0 Å². The predicted molar refractivity (Wildman–Crippen MR) is 94.5 cm³/mol. The molecule has 1 aliphatic heterocycles. The van der Waals surface area contributed by atoms with Gasteiger partial charge in [0.2, 0.25) is 0 Å². The molecule has 0 saturated heterocycles. The van der Waals surface area contributed by atoms with Crippen molar-refractivity contribution in [3.63, 3.8) is 0 Å². The quantitative estimate of drug-likeness (QED) is 0.732. The van der Waals surface area contributed by atoms with Gasteiger partial charge in [-0.25, -0.2) is 0 Å². The monoisotopic (exact) mass is 323 g/mol. The maximum atomic E-state index is 12.6. The summed E-state index contributed by atoms with van der Waals surface area (Å²) in [5, 5.41) is 0. The summed E-state index contributed by atoms with van der Waals surface area (Å²) in [6.07, 6.45) is 9.81. The van der Waals surface area contributed by atoms with Gasteiger partial charge in [-0.05, 0) is 31.2 Å². The fraction of sp³-hybridized carbons (Fsp3) is 0.571. The van der Waals surface area contributed by atoms with Crippen LogP contribution in [0.1, 0.15) is 68.9 Å². The topological polar surface area (TPSA) is 46.5 Å². The number of carbonyl (C=O) groups excluding carboxylic acids is 2. The van der Waals surface area contributed by atoms with Gasteiger partial charge in [-0.2, -0.15) is 0 Å². The Morgan fingerprint density at radius 3 is 2.25 bits per heavy atom. The summed E-state index contributed by atoms with van der Waals surface area (Å²) in [4.78, 5) is 30.3. The summed E-state index contributed by atoms with van der Waals surface area (Å²) >= 11 is 0. The van der Waals surface area contributed by atoms with E-state index in [1.54, 1.807) is 0 Å². The van der Waals surface area contributed by atoms with Crippen molar-refractivity contribution < 1.29 is 9.59 Å². The first kappa shape index (κ1) is 15.7. The SMILES string of the molecule is O=C1CCCC(=O)C1C1=NC2(CCCCCC2)Cc2ccccc21. The minimum absolute atomic E-state index is 0.0745. The van der Waals surface area contributed by atoms with E-state index in [0.717, 1.165) is 30.5 Å². The molecule has 1 aromatic carbocycles. The second-order valence-electron chi connectivity index (χ2n) is 7.69. The normalized spacial score (nSPS) is 24.4. The van der Waals surface area contributed by atoms with Crippen LogP contribution in [0.5, 0.6) is 0 Å². The van der Waals surface area contributed by atoms with Crippen molar-refractivity contribution in [2.45, 2.75) is 69.7 Å². The molecule has 2 fully saturated rings. The highest BCUT2D eigenvalue weighted by atomic mass is 16.2. The maximum Gasteiger partial charge on any atom is 0.149 e. The molecule has 3 heteroatoms. The van der Waals surface area contributed by atoms with Gasteiger partial charge < -0.3 is 0 Å². The largest absolute Gasteiger partial charge is 0.298 e. The Labute approximate surface area is 143 Å². The number of fused-ring (bicyclic) bond motifs is 1. The van der Waals surface area contributed by atoms with E-state index in [4.69, 9.17) is 4.99 Å². The highest BCUT2D eigenvalue weighted by Gasteiger charge is 2.41. The van der Waals surface area contributed by atoms with Crippen LogP contribution in [0.15, 0.2) is 29.3 Å². The molecule has 1 heterocycles. The van der Waals surface area contributed by atoms with Gasteiger partial charge in [0.1, 0.15) is 17.5 Å². The lowest BCUT2D eigenvalue weighted by atomic mass is 9.74. The molecule has 2 saturated carbocycles. The van der Waals surface area contributed by atoms with Crippen molar-refractivity contribution in [2.75, 3.05) is 0 Å². The van der Waals surface area contributed by atoms with Crippen LogP contribution in [0.4, 0.5) is 0 Å². The number of nitrogens with zero attached hydrogens (tertiary/aromatic N) is 1. The molecular formula is C21H25NO2. The second-order valence-corrected chi connectivity index (χ2v) is 7.69. The highest BCUT2D eigenvalue weighted by molar-refractivity contribution is 6.27. The summed E-state index contributed by atoms with van der Waals surface area (Å²) in [5.74, 6) is -0.462. The molecular weight excluding hydrogens is 298 g/mol. The molecule has 4 rings (SSSR count). The van der Waals surface area contributed by atoms with Gasteiger partial charge in [0.05, 0.1) is 11.3 Å². The average molecular weight is 323 g/mol. The van der Waals surface area contributed by atoms with Crippen molar-refractivity contribution in [1.29, 1.82) is 0 Å². The molecule has 2 aliphatic carbocycles. The van der Waals surface area contributed by atoms with E-state index < -0.39 is 5.92 Å². The zero-order valence-electron chi connectivity index (χ0n) is 14.2. The molecule has 0 amide bonds. The Bertz CT molecular complexity index is 680. The third-order valence-electron chi connectivity index (χ3n) is 5.97. The molecule has 0 unspecified atom stereocenters. The predicted octanol–water partition coefficient (Wildman–Crippen LogP) is 4.06. The molecule has 3 aliphatic rings. The summed E-state index contributed by atoms with van der Waals surface area (Å²) in [6.45, 7) is 0. The molecule has 24 heavy (non-hydrogen) atoms. The summed E-state index contributed by atoms with van der Waals surface area (Å²) in [7, 11) is 0. The third kappa shape index (κ3) is 2.74. The lowest BCUT2D eigenvalue weighted by Gasteiger charge is -2.37. The molecule has 126 valence electrons. The van der Waals surface area contributed by atoms with Gasteiger partial charge in [-0.3, -0.25) is 14.6 Å². The van der Waals surface area contributed by atoms with E-state index in [-0.39, 0.29) is 17.1 Å². The summed E-state index contributed by atoms with van der Waals surface area (Å²) in [6, 6.07) is 8.27. The molecule has 0 aromatic heterocycles. The van der Waals surface area contributed by atoms with Crippen LogP contribution in [0.2, 0.25) is 0 Å². The first-order valence-electron chi connectivity index (χ1n) is 9.42. The fourth-order valence-electron chi connectivity index (χ4n) is 4.74. The zero-order valence-corrected chi connectivity index (χ0v) is 14.2. The lowest BCUT2D eigenvalue weighted by Crippen LogP contribution is -2.42. The molecule has 0 atom stereocenters. The van der Waals surface area contributed by atoms with Gasteiger partial charge in [0.25, 0.3) is 0 Å². The summed E-state index contributed by atoms with van der Waals surface area (Å²) < 4.78 is 0. The molecule has 0 radical (unpaired) electrons. The van der Waals surface area contributed by atoms with Crippen LogP contribution < -0.4 is 0 Å². The Morgan fingerprint density at radius 1 is 0.875 bits per heavy atom. The van der Waals surface area contributed by atoms with Crippen LogP contribution in [0.3, 0.4) is 0 Å². The van der Waals surface area contributed by atoms with Crippen LogP contribution in [-0.4, -0.2) is 22.8 Å². The van der Waals surface area contributed by atoms with Crippen LogP contribution >= 0.6 is 0 Å². The van der Waals surface area contributed by atoms with E-state index in [2.05, 4.69) is 12.1 Å². The molecule has 1 aromatic rings. The van der Waals surface area contributed by atoms with Crippen molar-refractivity contribution in [3.05, 3.63) is 35.4 Å². The zero-order chi connectivity index (χ0) is 16.6. The average Bonchev–Trinajstić information content (AvgIpc) is 2.80. The number of benzene rings is 1. The number of ketones is 2. The lowest BCUT2D eigenvalue weighted by molar-refractivity contribution is -0.132. The third-order valence-corrected chi connectivity index (χ3v) is 5.97. The van der Waals surface area contributed by atoms with Gasteiger partial charge in [-0.15, -0.1) is 0 Å². The van der Waals surface area contributed by atoms with Crippen molar-refractivity contribution in [3.8, 4) is 0 Å². The van der Waals surface area contributed by atoms with Gasteiger partial charge in [-0.1, -0.05) is 49.9 Å². The Hall–Kier alpha value is -1.77. The minimum atomic E-state index is -0.611. The van der Waals surface area contributed by atoms with Gasteiger partial charge >= 0.3 is 0 Å². The van der Waals surface area contributed by atoms with Crippen LogP contribution in [0.25, 0.3) is 0 Å². The highest BCUT2D eigenvalue weighted by Crippen LogP contribution is 2.40.